The number of hydrogen-bond donors (Lipinski definition) is 2. The van der Waals surface area contributed by atoms with Crippen molar-refractivity contribution in [2.24, 2.45) is 11.1 Å². The molecule has 0 aromatic heterocycles. The molecule has 2 fully saturated rings. The van der Waals surface area contributed by atoms with Gasteiger partial charge in [-0.15, -0.1) is 0 Å². The van der Waals surface area contributed by atoms with Crippen molar-refractivity contribution in [2.75, 3.05) is 6.61 Å². The van der Waals surface area contributed by atoms with Crippen LogP contribution in [-0.4, -0.2) is 30.7 Å². The van der Waals surface area contributed by atoms with Gasteiger partial charge in [-0.3, -0.25) is 4.79 Å². The van der Waals surface area contributed by atoms with Crippen LogP contribution in [0.1, 0.15) is 58.8 Å². The average Bonchev–Trinajstić information content (AvgIpc) is 2.38. The topological polar surface area (TPSA) is 64.3 Å². The van der Waals surface area contributed by atoms with E-state index in [1.165, 1.54) is 32.1 Å². The van der Waals surface area contributed by atoms with Crippen molar-refractivity contribution in [3.8, 4) is 0 Å². The number of nitrogens with one attached hydrogen (secondary N) is 1. The van der Waals surface area contributed by atoms with Crippen LogP contribution in [0.15, 0.2) is 0 Å². The zero-order chi connectivity index (χ0) is 13.9. The summed E-state index contributed by atoms with van der Waals surface area (Å²) in [4.78, 5) is 11.9. The molecule has 0 saturated heterocycles. The Kier molecular flexibility index (Phi) is 4.85. The minimum Gasteiger partial charge on any atom is -0.378 e. The molecule has 0 aromatic rings. The molecule has 4 nitrogen and oxygen atoms in total. The van der Waals surface area contributed by atoms with Crippen LogP contribution in [0.5, 0.6) is 0 Å². The highest BCUT2D eigenvalue weighted by Gasteiger charge is 2.55. The number of carbonyl (C=O) groups is 1. The second-order valence-electron chi connectivity index (χ2n) is 6.28. The summed E-state index contributed by atoms with van der Waals surface area (Å²) >= 11 is 0. The van der Waals surface area contributed by atoms with E-state index in [1.54, 1.807) is 0 Å². The molecule has 0 heterocycles. The van der Waals surface area contributed by atoms with Crippen LogP contribution in [0.2, 0.25) is 0 Å². The Hall–Kier alpha value is -0.610. The summed E-state index contributed by atoms with van der Waals surface area (Å²) in [6.45, 7) is 4.70. The molecule has 0 aromatic carbocycles. The van der Waals surface area contributed by atoms with Crippen LogP contribution in [0.4, 0.5) is 0 Å². The predicted molar refractivity (Wildman–Crippen MR) is 75.7 cm³/mol. The van der Waals surface area contributed by atoms with Gasteiger partial charge in [0, 0.05) is 30.5 Å². The van der Waals surface area contributed by atoms with E-state index in [0.29, 0.717) is 18.6 Å². The number of hydrogen-bond acceptors (Lipinski definition) is 3. The van der Waals surface area contributed by atoms with Crippen molar-refractivity contribution in [3.63, 3.8) is 0 Å². The van der Waals surface area contributed by atoms with E-state index in [0.717, 1.165) is 13.0 Å². The molecular formula is C15H28N2O2. The summed E-state index contributed by atoms with van der Waals surface area (Å²) in [5, 5.41) is 3.20. The molecule has 110 valence electrons. The van der Waals surface area contributed by atoms with E-state index in [-0.39, 0.29) is 17.4 Å². The fraction of sp³-hybridized carbons (Fsp3) is 0.933. The van der Waals surface area contributed by atoms with Gasteiger partial charge in [0.15, 0.2) is 0 Å². The molecule has 3 atom stereocenters. The van der Waals surface area contributed by atoms with Gasteiger partial charge in [-0.2, -0.15) is 0 Å². The summed E-state index contributed by atoms with van der Waals surface area (Å²) in [5.41, 5.74) is 5.90. The van der Waals surface area contributed by atoms with Gasteiger partial charge in [0.25, 0.3) is 0 Å². The van der Waals surface area contributed by atoms with Crippen LogP contribution in [-0.2, 0) is 9.53 Å². The number of carbonyl (C=O) groups excluding carboxylic acids is 1. The van der Waals surface area contributed by atoms with Crippen LogP contribution in [0.3, 0.4) is 0 Å². The highest BCUT2D eigenvalue weighted by molar-refractivity contribution is 5.77. The van der Waals surface area contributed by atoms with Crippen molar-refractivity contribution in [1.29, 1.82) is 0 Å². The molecule has 2 aliphatic rings. The fourth-order valence-corrected chi connectivity index (χ4v) is 3.81. The third-order valence-corrected chi connectivity index (χ3v) is 4.78. The Morgan fingerprint density at radius 2 is 2.11 bits per heavy atom. The molecule has 2 saturated carbocycles. The average molecular weight is 268 g/mol. The molecule has 0 aliphatic heterocycles. The van der Waals surface area contributed by atoms with Gasteiger partial charge >= 0.3 is 0 Å². The first-order valence-electron chi connectivity index (χ1n) is 7.75. The largest absolute Gasteiger partial charge is 0.378 e. The Morgan fingerprint density at radius 3 is 2.68 bits per heavy atom. The number of rotatable bonds is 5. The first kappa shape index (κ1) is 14.8. The Balaban J connectivity index is 1.95. The van der Waals surface area contributed by atoms with E-state index in [2.05, 4.69) is 12.2 Å². The summed E-state index contributed by atoms with van der Waals surface area (Å²) in [7, 11) is 0. The number of ether oxygens (including phenoxy) is 1. The Morgan fingerprint density at radius 1 is 1.42 bits per heavy atom. The van der Waals surface area contributed by atoms with Crippen molar-refractivity contribution < 1.29 is 9.53 Å². The maximum absolute atomic E-state index is 11.9. The van der Waals surface area contributed by atoms with Crippen LogP contribution < -0.4 is 11.1 Å². The second kappa shape index (κ2) is 6.23. The number of amides is 1. The quantitative estimate of drug-likeness (QED) is 0.801. The lowest BCUT2D eigenvalue weighted by Crippen LogP contribution is -2.65. The molecule has 2 rings (SSSR count). The van der Waals surface area contributed by atoms with E-state index < -0.39 is 0 Å². The minimum atomic E-state index is -0.0647. The fourth-order valence-electron chi connectivity index (χ4n) is 3.81. The smallest absolute Gasteiger partial charge is 0.221 e. The van der Waals surface area contributed by atoms with Gasteiger partial charge in [-0.05, 0) is 33.1 Å². The zero-order valence-corrected chi connectivity index (χ0v) is 12.3. The molecule has 3 unspecified atom stereocenters. The molecule has 2 aliphatic carbocycles. The summed E-state index contributed by atoms with van der Waals surface area (Å²) in [6, 6.07) is 0.237. The Bertz CT molecular complexity index is 311. The first-order valence-corrected chi connectivity index (χ1v) is 7.75. The van der Waals surface area contributed by atoms with E-state index in [9.17, 15) is 4.79 Å². The molecular weight excluding hydrogens is 240 g/mol. The van der Waals surface area contributed by atoms with Crippen molar-refractivity contribution >= 4 is 5.91 Å². The highest BCUT2D eigenvalue weighted by Crippen LogP contribution is 2.53. The SMILES string of the molecule is CCOC1CC(NC(=O)CC(C)N)C12CCCCC2. The first-order chi connectivity index (χ1) is 9.08. The third-order valence-electron chi connectivity index (χ3n) is 4.78. The summed E-state index contributed by atoms with van der Waals surface area (Å²) < 4.78 is 5.89. The van der Waals surface area contributed by atoms with Gasteiger partial charge in [-0.1, -0.05) is 19.3 Å². The minimum absolute atomic E-state index is 0.0647. The molecule has 1 spiro atoms. The maximum atomic E-state index is 11.9. The third kappa shape index (κ3) is 3.11. The van der Waals surface area contributed by atoms with Gasteiger partial charge in [0.2, 0.25) is 5.91 Å². The highest BCUT2D eigenvalue weighted by atomic mass is 16.5. The van der Waals surface area contributed by atoms with Crippen molar-refractivity contribution in [1.82, 2.24) is 5.32 Å². The van der Waals surface area contributed by atoms with Crippen molar-refractivity contribution in [3.05, 3.63) is 0 Å². The van der Waals surface area contributed by atoms with E-state index in [4.69, 9.17) is 10.5 Å². The molecule has 4 heteroatoms. The monoisotopic (exact) mass is 268 g/mol. The number of nitrogens with two attached hydrogens (primary N) is 1. The van der Waals surface area contributed by atoms with Gasteiger partial charge in [0.1, 0.15) is 0 Å². The van der Waals surface area contributed by atoms with Crippen LogP contribution in [0, 0.1) is 5.41 Å². The van der Waals surface area contributed by atoms with Gasteiger partial charge in [0.05, 0.1) is 6.10 Å². The Labute approximate surface area is 116 Å². The molecule has 1 amide bonds. The second-order valence-corrected chi connectivity index (χ2v) is 6.28. The summed E-state index contributed by atoms with van der Waals surface area (Å²) in [6.07, 6.45) is 7.98. The van der Waals surface area contributed by atoms with E-state index >= 15 is 0 Å². The predicted octanol–water partition coefficient (Wildman–Crippen LogP) is 1.97. The molecule has 19 heavy (non-hydrogen) atoms. The van der Waals surface area contributed by atoms with Gasteiger partial charge in [-0.25, -0.2) is 0 Å². The normalized spacial score (nSPS) is 30.7. The molecule has 3 N–H and O–H groups in total. The summed E-state index contributed by atoms with van der Waals surface area (Å²) in [5.74, 6) is 0.0971. The van der Waals surface area contributed by atoms with E-state index in [1.807, 2.05) is 6.92 Å². The molecule has 0 bridgehead atoms. The lowest BCUT2D eigenvalue weighted by molar-refractivity contribution is -0.157. The lowest BCUT2D eigenvalue weighted by atomic mass is 9.55. The standard InChI is InChI=1S/C15H28N2O2/c1-3-19-13-10-12(17-14(18)9-11(2)16)15(13)7-5-4-6-8-15/h11-13H,3-10,16H2,1-2H3,(H,17,18). The lowest BCUT2D eigenvalue weighted by Gasteiger charge is -2.57. The van der Waals surface area contributed by atoms with Crippen LogP contribution >= 0.6 is 0 Å². The maximum Gasteiger partial charge on any atom is 0.221 e. The van der Waals surface area contributed by atoms with Crippen LogP contribution in [0.25, 0.3) is 0 Å². The van der Waals surface area contributed by atoms with Crippen molar-refractivity contribution in [2.45, 2.75) is 77.0 Å². The van der Waals surface area contributed by atoms with Gasteiger partial charge < -0.3 is 15.8 Å². The zero-order valence-electron chi connectivity index (χ0n) is 12.3. The molecule has 0 radical (unpaired) electrons.